The summed E-state index contributed by atoms with van der Waals surface area (Å²) in [6.45, 7) is 4.06. The molecule has 0 aromatic heterocycles. The highest BCUT2D eigenvalue weighted by molar-refractivity contribution is 5.97. The van der Waals surface area contributed by atoms with E-state index in [4.69, 9.17) is 5.73 Å². The molecule has 2 aromatic carbocycles. The molecule has 0 aliphatic carbocycles. The van der Waals surface area contributed by atoms with Crippen LogP contribution in [0.2, 0.25) is 0 Å². The number of nitrogens with two attached hydrogens (primary N) is 1. The van der Waals surface area contributed by atoms with Crippen LogP contribution in [0.25, 0.3) is 0 Å². The van der Waals surface area contributed by atoms with Crippen molar-refractivity contribution in [3.63, 3.8) is 0 Å². The van der Waals surface area contributed by atoms with Crippen molar-refractivity contribution in [2.45, 2.75) is 20.3 Å². The first-order valence-corrected chi connectivity index (χ1v) is 7.59. The Morgan fingerprint density at radius 1 is 1.09 bits per heavy atom. The fourth-order valence-corrected chi connectivity index (χ4v) is 2.05. The highest BCUT2D eigenvalue weighted by Crippen LogP contribution is 2.11. The van der Waals surface area contributed by atoms with Gasteiger partial charge in [-0.25, -0.2) is 4.99 Å². The van der Waals surface area contributed by atoms with Gasteiger partial charge >= 0.3 is 0 Å². The quantitative estimate of drug-likeness (QED) is 0.587. The summed E-state index contributed by atoms with van der Waals surface area (Å²) < 4.78 is 0. The van der Waals surface area contributed by atoms with Crippen LogP contribution in [0.3, 0.4) is 0 Å². The van der Waals surface area contributed by atoms with E-state index in [1.165, 1.54) is 11.1 Å². The summed E-state index contributed by atoms with van der Waals surface area (Å²) >= 11 is 0. The third-order valence-electron chi connectivity index (χ3n) is 3.34. The first-order chi connectivity index (χ1) is 11.1. The van der Waals surface area contributed by atoms with Gasteiger partial charge in [0.1, 0.15) is 6.54 Å². The second-order valence-electron chi connectivity index (χ2n) is 5.29. The Hall–Kier alpha value is -2.82. The predicted molar refractivity (Wildman–Crippen MR) is 95.7 cm³/mol. The molecule has 23 heavy (non-hydrogen) atoms. The predicted octanol–water partition coefficient (Wildman–Crippen LogP) is 2.92. The molecule has 5 heteroatoms. The minimum absolute atomic E-state index is 0.0267. The summed E-state index contributed by atoms with van der Waals surface area (Å²) in [7, 11) is 0. The van der Waals surface area contributed by atoms with Gasteiger partial charge in [0.15, 0.2) is 5.96 Å². The van der Waals surface area contributed by atoms with E-state index in [0.717, 1.165) is 17.8 Å². The molecule has 0 heterocycles. The number of guanidine groups is 1. The van der Waals surface area contributed by atoms with Gasteiger partial charge in [-0.15, -0.1) is 0 Å². The molecule has 1 amide bonds. The lowest BCUT2D eigenvalue weighted by atomic mass is 10.1. The number of hydrogen-bond acceptors (Lipinski definition) is 2. The van der Waals surface area contributed by atoms with Crippen LogP contribution < -0.4 is 16.4 Å². The van der Waals surface area contributed by atoms with Crippen molar-refractivity contribution in [3.8, 4) is 0 Å². The maximum Gasteiger partial charge on any atom is 0.246 e. The summed E-state index contributed by atoms with van der Waals surface area (Å²) in [5.41, 5.74) is 9.74. The van der Waals surface area contributed by atoms with Crippen LogP contribution in [0.5, 0.6) is 0 Å². The molecule has 0 aliphatic rings. The average Bonchev–Trinajstić information content (AvgIpc) is 2.55. The minimum Gasteiger partial charge on any atom is -0.370 e. The van der Waals surface area contributed by atoms with E-state index in [9.17, 15) is 4.79 Å². The van der Waals surface area contributed by atoms with E-state index in [1.807, 2.05) is 55.5 Å². The maximum atomic E-state index is 11.9. The van der Waals surface area contributed by atoms with Crippen molar-refractivity contribution >= 4 is 23.2 Å². The lowest BCUT2D eigenvalue weighted by molar-refractivity contribution is -0.114. The second-order valence-corrected chi connectivity index (χ2v) is 5.29. The Morgan fingerprint density at radius 3 is 2.52 bits per heavy atom. The van der Waals surface area contributed by atoms with Crippen molar-refractivity contribution in [2.75, 3.05) is 17.2 Å². The largest absolute Gasteiger partial charge is 0.370 e. The van der Waals surface area contributed by atoms with Gasteiger partial charge in [0, 0.05) is 11.4 Å². The third-order valence-corrected chi connectivity index (χ3v) is 3.34. The number of carbonyl (C=O) groups is 1. The van der Waals surface area contributed by atoms with Gasteiger partial charge in [-0.05, 0) is 43.2 Å². The van der Waals surface area contributed by atoms with E-state index in [-0.39, 0.29) is 18.4 Å². The molecule has 0 unspecified atom stereocenters. The molecule has 4 N–H and O–H groups in total. The number of benzene rings is 2. The van der Waals surface area contributed by atoms with Crippen LogP contribution in [0, 0.1) is 6.92 Å². The minimum atomic E-state index is -0.202. The van der Waals surface area contributed by atoms with Crippen molar-refractivity contribution < 1.29 is 4.79 Å². The molecular formula is C18H22N4O. The second kappa shape index (κ2) is 7.98. The van der Waals surface area contributed by atoms with Gasteiger partial charge in [0.25, 0.3) is 0 Å². The first-order valence-electron chi connectivity index (χ1n) is 7.59. The Balaban J connectivity index is 1.88. The summed E-state index contributed by atoms with van der Waals surface area (Å²) in [5, 5.41) is 5.77. The smallest absolute Gasteiger partial charge is 0.246 e. The molecule has 0 saturated carbocycles. The topological polar surface area (TPSA) is 79.5 Å². The van der Waals surface area contributed by atoms with Crippen LogP contribution >= 0.6 is 0 Å². The Bertz CT molecular complexity index is 692. The highest BCUT2D eigenvalue weighted by Gasteiger charge is 2.03. The number of nitrogens with zero attached hydrogens (tertiary/aromatic N) is 1. The molecule has 5 nitrogen and oxygen atoms in total. The summed E-state index contributed by atoms with van der Waals surface area (Å²) in [6, 6.07) is 15.5. The number of aryl methyl sites for hydroxylation is 2. The van der Waals surface area contributed by atoms with E-state index in [2.05, 4.69) is 22.5 Å². The van der Waals surface area contributed by atoms with Gasteiger partial charge in [0.2, 0.25) is 5.91 Å². The number of rotatable bonds is 5. The van der Waals surface area contributed by atoms with Gasteiger partial charge < -0.3 is 16.4 Å². The van der Waals surface area contributed by atoms with Crippen molar-refractivity contribution in [1.29, 1.82) is 0 Å². The monoisotopic (exact) mass is 310 g/mol. The van der Waals surface area contributed by atoms with E-state index in [1.54, 1.807) is 0 Å². The molecule has 0 aliphatic heterocycles. The zero-order chi connectivity index (χ0) is 16.7. The Kier molecular flexibility index (Phi) is 5.74. The first kappa shape index (κ1) is 16.5. The molecule has 2 aromatic rings. The van der Waals surface area contributed by atoms with Crippen molar-refractivity contribution in [3.05, 3.63) is 59.7 Å². The van der Waals surface area contributed by atoms with Gasteiger partial charge in [0.05, 0.1) is 0 Å². The molecule has 0 atom stereocenters. The normalized spacial score (nSPS) is 11.1. The zero-order valence-electron chi connectivity index (χ0n) is 13.5. The molecular weight excluding hydrogens is 288 g/mol. The van der Waals surface area contributed by atoms with E-state index in [0.29, 0.717) is 0 Å². The van der Waals surface area contributed by atoms with E-state index >= 15 is 0 Å². The number of anilines is 2. The number of nitrogens with one attached hydrogen (secondary N) is 2. The molecule has 0 bridgehead atoms. The van der Waals surface area contributed by atoms with Crippen LogP contribution in [0.1, 0.15) is 18.1 Å². The fourth-order valence-electron chi connectivity index (χ4n) is 2.05. The standard InChI is InChI=1S/C18H22N4O/c1-3-14-5-4-6-16(11-14)21-17(23)12-20-18(19)22-15-9-7-13(2)8-10-15/h4-11H,3,12H2,1-2H3,(H,21,23)(H3,19,20,22). The van der Waals surface area contributed by atoms with Crippen LogP contribution in [0.15, 0.2) is 53.5 Å². The SMILES string of the molecule is CCc1cccc(NC(=O)CN=C(N)Nc2ccc(C)cc2)c1. The third kappa shape index (κ3) is 5.47. The Labute approximate surface area is 136 Å². The van der Waals surface area contributed by atoms with E-state index < -0.39 is 0 Å². The van der Waals surface area contributed by atoms with Gasteiger partial charge in [-0.2, -0.15) is 0 Å². The van der Waals surface area contributed by atoms with Crippen molar-refractivity contribution in [1.82, 2.24) is 0 Å². The Morgan fingerprint density at radius 2 is 1.83 bits per heavy atom. The van der Waals surface area contributed by atoms with Crippen LogP contribution in [0.4, 0.5) is 11.4 Å². The fraction of sp³-hybridized carbons (Fsp3) is 0.222. The van der Waals surface area contributed by atoms with Crippen LogP contribution in [-0.2, 0) is 11.2 Å². The van der Waals surface area contributed by atoms with Gasteiger partial charge in [-0.3, -0.25) is 4.79 Å². The lowest BCUT2D eigenvalue weighted by Crippen LogP contribution is -2.25. The maximum absolute atomic E-state index is 11.9. The zero-order valence-corrected chi connectivity index (χ0v) is 13.5. The molecule has 0 saturated heterocycles. The molecule has 0 radical (unpaired) electrons. The number of carbonyl (C=O) groups excluding carboxylic acids is 1. The average molecular weight is 310 g/mol. The number of hydrogen-bond donors (Lipinski definition) is 3. The molecule has 0 spiro atoms. The summed E-state index contributed by atoms with van der Waals surface area (Å²) in [6.07, 6.45) is 0.926. The van der Waals surface area contributed by atoms with Gasteiger partial charge in [-0.1, -0.05) is 36.8 Å². The van der Waals surface area contributed by atoms with Crippen molar-refractivity contribution in [2.24, 2.45) is 10.7 Å². The molecule has 0 fully saturated rings. The number of aliphatic imine (C=N–C) groups is 1. The molecule has 2 rings (SSSR count). The highest BCUT2D eigenvalue weighted by atomic mass is 16.1. The van der Waals surface area contributed by atoms with Crippen LogP contribution in [-0.4, -0.2) is 18.4 Å². The number of amides is 1. The molecule has 120 valence electrons. The summed E-state index contributed by atoms with van der Waals surface area (Å²) in [5.74, 6) is 0.0122. The summed E-state index contributed by atoms with van der Waals surface area (Å²) in [4.78, 5) is 16.0. The lowest BCUT2D eigenvalue weighted by Gasteiger charge is -2.07.